The molecule has 0 spiro atoms. The van der Waals surface area contributed by atoms with Gasteiger partial charge in [-0.1, -0.05) is 60.7 Å². The van der Waals surface area contributed by atoms with Crippen molar-refractivity contribution in [2.24, 2.45) is 0 Å². The zero-order valence-corrected chi connectivity index (χ0v) is 24.6. The number of benzene rings is 3. The Morgan fingerprint density at radius 3 is 2.21 bits per heavy atom. The van der Waals surface area contributed by atoms with Crippen LogP contribution in [0.4, 0.5) is 9.59 Å². The molecule has 3 aromatic carbocycles. The molecule has 1 aliphatic rings. The Morgan fingerprint density at radius 2 is 1.56 bits per heavy atom. The molecule has 43 heavy (non-hydrogen) atoms. The molecular formula is C33H37N3O7. The fraction of sp³-hybridized carbons (Fsp3) is 0.333. The average Bonchev–Trinajstić information content (AvgIpc) is 3.00. The Labute approximate surface area is 251 Å². The predicted molar refractivity (Wildman–Crippen MR) is 160 cm³/mol. The second-order valence-electron chi connectivity index (χ2n) is 11.2. The number of nitrogens with one attached hydrogen (secondary N) is 2. The predicted octanol–water partition coefficient (Wildman–Crippen LogP) is 4.52. The van der Waals surface area contributed by atoms with Gasteiger partial charge < -0.3 is 24.8 Å². The van der Waals surface area contributed by atoms with Crippen molar-refractivity contribution in [1.29, 1.82) is 0 Å². The lowest BCUT2D eigenvalue weighted by Crippen LogP contribution is -2.61. The van der Waals surface area contributed by atoms with Crippen molar-refractivity contribution in [3.63, 3.8) is 0 Å². The van der Waals surface area contributed by atoms with Gasteiger partial charge in [0.15, 0.2) is 5.78 Å². The molecule has 4 rings (SSSR count). The van der Waals surface area contributed by atoms with E-state index >= 15 is 0 Å². The van der Waals surface area contributed by atoms with E-state index in [1.165, 1.54) is 4.90 Å². The van der Waals surface area contributed by atoms with Crippen molar-refractivity contribution < 1.29 is 33.4 Å². The van der Waals surface area contributed by atoms with Gasteiger partial charge >= 0.3 is 18.2 Å². The Morgan fingerprint density at radius 1 is 0.907 bits per heavy atom. The number of hydrogen-bond donors (Lipinski definition) is 2. The maximum atomic E-state index is 13.9. The first-order valence-corrected chi connectivity index (χ1v) is 14.2. The summed E-state index contributed by atoms with van der Waals surface area (Å²) >= 11 is 0. The number of nitrogens with zero attached hydrogens (tertiary/aromatic N) is 1. The lowest BCUT2D eigenvalue weighted by Gasteiger charge is -2.37. The molecule has 10 nitrogen and oxygen atoms in total. The summed E-state index contributed by atoms with van der Waals surface area (Å²) < 4.78 is 16.4. The summed E-state index contributed by atoms with van der Waals surface area (Å²) in [5, 5.41) is 5.86. The van der Waals surface area contributed by atoms with E-state index in [-0.39, 0.29) is 31.9 Å². The van der Waals surface area contributed by atoms with Gasteiger partial charge in [0.25, 0.3) is 0 Å². The first-order chi connectivity index (χ1) is 20.6. The van der Waals surface area contributed by atoms with Gasteiger partial charge in [0, 0.05) is 19.6 Å². The molecule has 226 valence electrons. The first-order valence-electron chi connectivity index (χ1n) is 14.2. The van der Waals surface area contributed by atoms with E-state index in [1.54, 1.807) is 69.3 Å². The number of hydrogen-bond acceptors (Lipinski definition) is 8. The standard InChI is InChI=1S/C33H37N3O7/c1-33(2,3)43-32(40)36-19-18-34-21-28(36)29(37)27(35-31(39)41-22-24-10-6-4-7-11-24)20-23-14-16-26(17-15-23)42-30(38)25-12-8-5-9-13-25/h4-17,27-28,34H,18-22H2,1-3H3,(H,35,39)/t27-,28?/m0/s1. The van der Waals surface area contributed by atoms with Crippen molar-refractivity contribution >= 4 is 23.9 Å². The molecule has 1 aliphatic heterocycles. The fourth-order valence-corrected chi connectivity index (χ4v) is 4.53. The van der Waals surface area contributed by atoms with E-state index < -0.39 is 35.8 Å². The zero-order valence-electron chi connectivity index (χ0n) is 24.6. The Balaban J connectivity index is 1.49. The van der Waals surface area contributed by atoms with Crippen LogP contribution in [0.2, 0.25) is 0 Å². The normalized spacial score (nSPS) is 15.6. The second kappa shape index (κ2) is 14.5. The molecule has 0 saturated carbocycles. The minimum atomic E-state index is -1.02. The van der Waals surface area contributed by atoms with Crippen LogP contribution in [0.3, 0.4) is 0 Å². The molecule has 1 heterocycles. The van der Waals surface area contributed by atoms with Crippen LogP contribution in [0.25, 0.3) is 0 Å². The summed E-state index contributed by atoms with van der Waals surface area (Å²) in [4.78, 5) is 53.6. The van der Waals surface area contributed by atoms with Crippen LogP contribution in [0, 0.1) is 0 Å². The maximum Gasteiger partial charge on any atom is 0.410 e. The van der Waals surface area contributed by atoms with E-state index in [1.807, 2.05) is 36.4 Å². The number of carbonyl (C=O) groups is 4. The van der Waals surface area contributed by atoms with E-state index in [2.05, 4.69) is 10.6 Å². The molecule has 10 heteroatoms. The topological polar surface area (TPSA) is 123 Å². The van der Waals surface area contributed by atoms with Crippen molar-refractivity contribution in [3.8, 4) is 5.75 Å². The van der Waals surface area contributed by atoms with Gasteiger partial charge in [0.2, 0.25) is 0 Å². The molecule has 1 unspecified atom stereocenters. The molecule has 2 atom stereocenters. The number of ketones is 1. The van der Waals surface area contributed by atoms with Gasteiger partial charge in [-0.15, -0.1) is 0 Å². The Hall–Kier alpha value is -4.70. The maximum absolute atomic E-state index is 13.9. The number of amides is 2. The van der Waals surface area contributed by atoms with Gasteiger partial charge in [0.1, 0.15) is 24.0 Å². The van der Waals surface area contributed by atoms with Crippen LogP contribution in [-0.4, -0.2) is 66.2 Å². The molecule has 2 N–H and O–H groups in total. The molecule has 2 amide bonds. The molecule has 1 saturated heterocycles. The van der Waals surface area contributed by atoms with E-state index in [0.29, 0.717) is 23.4 Å². The number of alkyl carbamates (subject to hydrolysis) is 1. The smallest absolute Gasteiger partial charge is 0.410 e. The van der Waals surface area contributed by atoms with Gasteiger partial charge in [-0.05, 0) is 62.6 Å². The van der Waals surface area contributed by atoms with Crippen molar-refractivity contribution in [2.45, 2.75) is 51.5 Å². The lowest BCUT2D eigenvalue weighted by molar-refractivity contribution is -0.126. The van der Waals surface area contributed by atoms with Crippen LogP contribution in [0.15, 0.2) is 84.9 Å². The summed E-state index contributed by atoms with van der Waals surface area (Å²) in [5.41, 5.74) is 1.19. The molecule has 0 aliphatic carbocycles. The zero-order chi connectivity index (χ0) is 30.8. The van der Waals surface area contributed by atoms with E-state index in [0.717, 1.165) is 5.56 Å². The van der Waals surface area contributed by atoms with Gasteiger partial charge in [-0.25, -0.2) is 14.4 Å². The quantitative estimate of drug-likeness (QED) is 0.277. The number of Topliss-reactive ketones (excluding diaryl/α,β-unsaturated/α-hetero) is 1. The average molecular weight is 588 g/mol. The van der Waals surface area contributed by atoms with Gasteiger partial charge in [0.05, 0.1) is 11.6 Å². The largest absolute Gasteiger partial charge is 0.445 e. The summed E-state index contributed by atoms with van der Waals surface area (Å²) in [5.74, 6) is -0.520. The number of rotatable bonds is 9. The summed E-state index contributed by atoms with van der Waals surface area (Å²) in [7, 11) is 0. The highest BCUT2D eigenvalue weighted by Crippen LogP contribution is 2.19. The van der Waals surface area contributed by atoms with E-state index in [4.69, 9.17) is 14.2 Å². The highest BCUT2D eigenvalue weighted by molar-refractivity contribution is 5.94. The third kappa shape index (κ3) is 9.40. The minimum Gasteiger partial charge on any atom is -0.445 e. The Kier molecular flexibility index (Phi) is 10.5. The summed E-state index contributed by atoms with van der Waals surface area (Å²) in [6, 6.07) is 22.6. The van der Waals surface area contributed by atoms with Crippen molar-refractivity contribution in [2.75, 3.05) is 19.6 Å². The van der Waals surface area contributed by atoms with Gasteiger partial charge in [-0.2, -0.15) is 0 Å². The fourth-order valence-electron chi connectivity index (χ4n) is 4.53. The molecular weight excluding hydrogens is 550 g/mol. The van der Waals surface area contributed by atoms with Crippen LogP contribution >= 0.6 is 0 Å². The van der Waals surface area contributed by atoms with Gasteiger partial charge in [-0.3, -0.25) is 9.69 Å². The van der Waals surface area contributed by atoms with Crippen LogP contribution < -0.4 is 15.4 Å². The number of piperazine rings is 1. The molecule has 3 aromatic rings. The molecule has 0 aromatic heterocycles. The SMILES string of the molecule is CC(C)(C)OC(=O)N1CCNCC1C(=O)[C@H](Cc1ccc(OC(=O)c2ccccc2)cc1)NC(=O)OCc1ccccc1. The van der Waals surface area contributed by atoms with Crippen LogP contribution in [-0.2, 0) is 27.3 Å². The third-order valence-corrected chi connectivity index (χ3v) is 6.63. The van der Waals surface area contributed by atoms with Crippen LogP contribution in [0.1, 0.15) is 42.3 Å². The number of ether oxygens (including phenoxy) is 3. The van der Waals surface area contributed by atoms with Crippen molar-refractivity contribution in [1.82, 2.24) is 15.5 Å². The molecule has 1 fully saturated rings. The summed E-state index contributed by atoms with van der Waals surface area (Å²) in [6.07, 6.45) is -1.24. The summed E-state index contributed by atoms with van der Waals surface area (Å²) in [6.45, 7) is 6.31. The number of carbonyl (C=O) groups excluding carboxylic acids is 4. The molecule has 0 bridgehead atoms. The highest BCUT2D eigenvalue weighted by Gasteiger charge is 2.38. The second-order valence-corrected chi connectivity index (χ2v) is 11.2. The first kappa shape index (κ1) is 31.2. The molecule has 0 radical (unpaired) electrons. The number of esters is 1. The van der Waals surface area contributed by atoms with E-state index in [9.17, 15) is 19.2 Å². The minimum absolute atomic E-state index is 0.0318. The van der Waals surface area contributed by atoms with Crippen LogP contribution in [0.5, 0.6) is 5.75 Å². The lowest BCUT2D eigenvalue weighted by atomic mass is 9.96. The highest BCUT2D eigenvalue weighted by atomic mass is 16.6. The third-order valence-electron chi connectivity index (χ3n) is 6.63. The Bertz CT molecular complexity index is 1390. The monoisotopic (exact) mass is 587 g/mol. The van der Waals surface area contributed by atoms with Crippen molar-refractivity contribution in [3.05, 3.63) is 102 Å².